The number of pyridine rings is 4. The molecule has 0 aliphatic carbocycles. The monoisotopic (exact) mass is 652 g/mol. The molecule has 0 aliphatic rings. The average Bonchev–Trinajstić information content (AvgIpc) is 3.21. The predicted molar refractivity (Wildman–Crippen MR) is 210 cm³/mol. The van der Waals surface area contributed by atoms with Crippen molar-refractivity contribution in [2.45, 2.75) is 6.92 Å². The summed E-state index contributed by atoms with van der Waals surface area (Å²) in [7, 11) is 0. The highest BCUT2D eigenvalue weighted by Crippen LogP contribution is 2.37. The third-order valence-corrected chi connectivity index (χ3v) is 9.40. The van der Waals surface area contributed by atoms with Gasteiger partial charge in [0.05, 0.1) is 33.8 Å². The predicted octanol–water partition coefficient (Wildman–Crippen LogP) is 11.9. The van der Waals surface area contributed by atoms with Gasteiger partial charge in [0.15, 0.2) is 0 Å². The number of rotatable bonds is 6. The molecule has 9 aromatic rings. The van der Waals surface area contributed by atoms with Gasteiger partial charge in [-0.15, -0.1) is 0 Å². The number of benzene rings is 5. The zero-order valence-electron chi connectivity index (χ0n) is 28.0. The maximum Gasteiger partial charge on any atom is 0.0979 e. The van der Waals surface area contributed by atoms with E-state index in [9.17, 15) is 0 Å². The molecule has 4 heterocycles. The van der Waals surface area contributed by atoms with Crippen LogP contribution in [-0.4, -0.2) is 19.9 Å². The lowest BCUT2D eigenvalue weighted by atomic mass is 9.94. The Labute approximate surface area is 296 Å². The van der Waals surface area contributed by atoms with Crippen molar-refractivity contribution in [2.24, 2.45) is 0 Å². The lowest BCUT2D eigenvalue weighted by molar-refractivity contribution is 1.25. The summed E-state index contributed by atoms with van der Waals surface area (Å²) in [5.74, 6) is 0. The Bertz CT molecular complexity index is 2610. The molecule has 0 fully saturated rings. The zero-order valence-corrected chi connectivity index (χ0v) is 28.0. The van der Waals surface area contributed by atoms with Crippen molar-refractivity contribution in [2.75, 3.05) is 0 Å². The Kier molecular flexibility index (Phi) is 7.67. The second-order valence-electron chi connectivity index (χ2n) is 12.8. The topological polar surface area (TPSA) is 51.6 Å². The molecule has 0 aliphatic heterocycles. The van der Waals surface area contributed by atoms with E-state index in [0.717, 1.165) is 89.2 Å². The van der Waals surface area contributed by atoms with Crippen LogP contribution in [0.25, 0.3) is 89.1 Å². The highest BCUT2D eigenvalue weighted by Gasteiger charge is 2.15. The minimum absolute atomic E-state index is 0.823. The second-order valence-corrected chi connectivity index (χ2v) is 12.8. The molecule has 0 saturated heterocycles. The number of aryl methyl sites for hydroxylation is 1. The first-order chi connectivity index (χ1) is 25.2. The summed E-state index contributed by atoms with van der Waals surface area (Å²) >= 11 is 0. The van der Waals surface area contributed by atoms with Gasteiger partial charge in [0.2, 0.25) is 0 Å². The third-order valence-electron chi connectivity index (χ3n) is 9.40. The summed E-state index contributed by atoms with van der Waals surface area (Å²) in [6.45, 7) is 2.02. The van der Waals surface area contributed by atoms with Crippen molar-refractivity contribution < 1.29 is 0 Å². The summed E-state index contributed by atoms with van der Waals surface area (Å²) in [6, 6.07) is 59.3. The van der Waals surface area contributed by atoms with Gasteiger partial charge in [-0.2, -0.15) is 0 Å². The summed E-state index contributed by atoms with van der Waals surface area (Å²) in [4.78, 5) is 19.8. The van der Waals surface area contributed by atoms with E-state index in [1.807, 2.05) is 49.5 Å². The molecule has 0 spiro atoms. The van der Waals surface area contributed by atoms with Crippen molar-refractivity contribution in [3.63, 3.8) is 0 Å². The fourth-order valence-corrected chi connectivity index (χ4v) is 6.79. The molecule has 0 radical (unpaired) electrons. The molecule has 4 aromatic heterocycles. The number of fused-ring (bicyclic) bond motifs is 3. The molecule has 0 atom stereocenters. The van der Waals surface area contributed by atoms with Gasteiger partial charge >= 0.3 is 0 Å². The van der Waals surface area contributed by atoms with Crippen LogP contribution < -0.4 is 0 Å². The standard InChI is InChI=1S/C47H32N4/c1-31-18-19-36-24-25-40-41(30-45(42-17-8-9-26-48-42)51-47(40)46(36)49-31)38-16-10-15-37(27-38)33-20-22-35(23-21-33)44-29-39(32-11-4-2-5-12-32)28-43(50-44)34-13-6-3-7-14-34/h2-30H,1H3. The van der Waals surface area contributed by atoms with Crippen molar-refractivity contribution in [1.29, 1.82) is 0 Å². The van der Waals surface area contributed by atoms with Gasteiger partial charge in [0.1, 0.15) is 0 Å². The maximum absolute atomic E-state index is 5.14. The third kappa shape index (κ3) is 5.94. The van der Waals surface area contributed by atoms with Crippen LogP contribution in [0.3, 0.4) is 0 Å². The summed E-state index contributed by atoms with van der Waals surface area (Å²) in [6.07, 6.45) is 1.81. The second kappa shape index (κ2) is 12.9. The van der Waals surface area contributed by atoms with Crippen molar-refractivity contribution >= 4 is 21.8 Å². The summed E-state index contributed by atoms with van der Waals surface area (Å²) in [5.41, 5.74) is 15.2. The van der Waals surface area contributed by atoms with E-state index >= 15 is 0 Å². The summed E-state index contributed by atoms with van der Waals surface area (Å²) < 4.78 is 0. The molecule has 5 aromatic carbocycles. The lowest BCUT2D eigenvalue weighted by Gasteiger charge is -2.13. The number of hydrogen-bond acceptors (Lipinski definition) is 4. The molecular weight excluding hydrogens is 621 g/mol. The van der Waals surface area contributed by atoms with Gasteiger partial charge in [-0.25, -0.2) is 9.97 Å². The Hall–Kier alpha value is -6.78. The van der Waals surface area contributed by atoms with Crippen molar-refractivity contribution in [3.8, 4) is 67.3 Å². The normalized spacial score (nSPS) is 11.2. The molecule has 51 heavy (non-hydrogen) atoms. The Morgan fingerprint density at radius 3 is 1.73 bits per heavy atom. The van der Waals surface area contributed by atoms with E-state index in [1.54, 1.807) is 0 Å². The van der Waals surface area contributed by atoms with Gasteiger partial charge in [-0.05, 0) is 82.8 Å². The average molecular weight is 653 g/mol. The number of aromatic nitrogens is 4. The van der Waals surface area contributed by atoms with Crippen molar-refractivity contribution in [3.05, 3.63) is 182 Å². The van der Waals surface area contributed by atoms with Crippen LogP contribution in [0, 0.1) is 6.92 Å². The van der Waals surface area contributed by atoms with Crippen LogP contribution in [0.5, 0.6) is 0 Å². The van der Waals surface area contributed by atoms with E-state index in [-0.39, 0.29) is 0 Å². The molecule has 240 valence electrons. The molecular formula is C47H32N4. The fraction of sp³-hybridized carbons (Fsp3) is 0.0213. The highest BCUT2D eigenvalue weighted by molar-refractivity contribution is 6.09. The van der Waals surface area contributed by atoms with Gasteiger partial charge in [0.25, 0.3) is 0 Å². The van der Waals surface area contributed by atoms with E-state index in [1.165, 1.54) is 5.56 Å². The zero-order chi connectivity index (χ0) is 34.1. The van der Waals surface area contributed by atoms with Gasteiger partial charge in [-0.3, -0.25) is 9.97 Å². The van der Waals surface area contributed by atoms with Crippen LogP contribution in [0.15, 0.2) is 176 Å². The molecule has 4 nitrogen and oxygen atoms in total. The van der Waals surface area contributed by atoms with Gasteiger partial charge in [-0.1, -0.05) is 127 Å². The van der Waals surface area contributed by atoms with Gasteiger partial charge < -0.3 is 0 Å². The quantitative estimate of drug-likeness (QED) is 0.168. The Balaban J connectivity index is 1.13. The highest BCUT2D eigenvalue weighted by atomic mass is 14.8. The molecule has 4 heteroatoms. The van der Waals surface area contributed by atoms with Crippen LogP contribution >= 0.6 is 0 Å². The lowest BCUT2D eigenvalue weighted by Crippen LogP contribution is -1.94. The minimum atomic E-state index is 0.823. The number of nitrogens with zero attached hydrogens (tertiary/aromatic N) is 4. The van der Waals surface area contributed by atoms with Crippen LogP contribution in [0.1, 0.15) is 5.69 Å². The van der Waals surface area contributed by atoms with Crippen LogP contribution in [-0.2, 0) is 0 Å². The van der Waals surface area contributed by atoms with E-state index in [0.29, 0.717) is 0 Å². The van der Waals surface area contributed by atoms with E-state index < -0.39 is 0 Å². The molecule has 0 N–H and O–H groups in total. The largest absolute Gasteiger partial charge is 0.255 e. The SMILES string of the molecule is Cc1ccc2ccc3c(-c4cccc(-c5ccc(-c6cc(-c7ccccc7)cc(-c7ccccc7)n6)cc5)c4)cc(-c4ccccn4)nc3c2n1. The van der Waals surface area contributed by atoms with E-state index in [4.69, 9.17) is 15.0 Å². The Morgan fingerprint density at radius 1 is 0.353 bits per heavy atom. The van der Waals surface area contributed by atoms with Crippen LogP contribution in [0.4, 0.5) is 0 Å². The molecule has 0 amide bonds. The number of hydrogen-bond donors (Lipinski definition) is 0. The molecule has 0 bridgehead atoms. The fourth-order valence-electron chi connectivity index (χ4n) is 6.79. The summed E-state index contributed by atoms with van der Waals surface area (Å²) in [5, 5.41) is 2.13. The van der Waals surface area contributed by atoms with Gasteiger partial charge in [0, 0.05) is 33.8 Å². The molecule has 0 saturated carbocycles. The maximum atomic E-state index is 5.14. The Morgan fingerprint density at radius 2 is 0.980 bits per heavy atom. The first-order valence-corrected chi connectivity index (χ1v) is 17.1. The van der Waals surface area contributed by atoms with Crippen molar-refractivity contribution in [1.82, 2.24) is 19.9 Å². The first-order valence-electron chi connectivity index (χ1n) is 17.1. The molecule has 0 unspecified atom stereocenters. The molecule has 9 rings (SSSR count). The minimum Gasteiger partial charge on any atom is -0.255 e. The first kappa shape index (κ1) is 30.3. The smallest absolute Gasteiger partial charge is 0.0979 e. The van der Waals surface area contributed by atoms with E-state index in [2.05, 4.69) is 138 Å². The van der Waals surface area contributed by atoms with Crippen LogP contribution in [0.2, 0.25) is 0 Å².